The van der Waals surface area contributed by atoms with Crippen LogP contribution in [0.25, 0.3) is 0 Å². The summed E-state index contributed by atoms with van der Waals surface area (Å²) in [5.74, 6) is -0.383. The van der Waals surface area contributed by atoms with Gasteiger partial charge in [0.1, 0.15) is 17.4 Å². The number of likely N-dealkylation sites (N-methyl/N-ethyl adjacent to an activating group) is 1. The van der Waals surface area contributed by atoms with Crippen LogP contribution >= 0.6 is 0 Å². The molecular formula is C20H20N2O4. The Hall–Kier alpha value is -1.91. The van der Waals surface area contributed by atoms with Crippen LogP contribution in [0.15, 0.2) is 24.3 Å². The molecule has 1 N–H and O–H groups in total. The third-order valence-electron chi connectivity index (χ3n) is 7.19. The van der Waals surface area contributed by atoms with Gasteiger partial charge in [-0.2, -0.15) is 5.26 Å². The number of hydrogen-bond donors (Lipinski definition) is 1. The molecule has 2 fully saturated rings. The predicted molar refractivity (Wildman–Crippen MR) is 90.7 cm³/mol. The van der Waals surface area contributed by atoms with Crippen molar-refractivity contribution in [3.8, 4) is 11.8 Å². The van der Waals surface area contributed by atoms with Gasteiger partial charge in [0.15, 0.2) is 6.10 Å². The maximum Gasteiger partial charge on any atom is 0.227 e. The van der Waals surface area contributed by atoms with Crippen LogP contribution < -0.4 is 4.74 Å². The first kappa shape index (κ1) is 15.2. The number of aliphatic hydroxyl groups is 1. The van der Waals surface area contributed by atoms with E-state index in [9.17, 15) is 10.4 Å². The zero-order valence-corrected chi connectivity index (χ0v) is 14.6. The van der Waals surface area contributed by atoms with Crippen molar-refractivity contribution in [1.29, 1.82) is 5.26 Å². The Morgan fingerprint density at radius 3 is 2.85 bits per heavy atom. The summed E-state index contributed by atoms with van der Waals surface area (Å²) >= 11 is 0. The van der Waals surface area contributed by atoms with Gasteiger partial charge in [0.05, 0.1) is 24.2 Å². The molecule has 0 radical (unpaired) electrons. The molecule has 4 atom stereocenters. The van der Waals surface area contributed by atoms with Crippen LogP contribution in [0.5, 0.6) is 5.75 Å². The predicted octanol–water partition coefficient (Wildman–Crippen LogP) is 0.861. The molecule has 6 rings (SSSR count). The van der Waals surface area contributed by atoms with Crippen LogP contribution in [0.1, 0.15) is 23.1 Å². The summed E-state index contributed by atoms with van der Waals surface area (Å²) in [4.78, 5) is 2.24. The minimum Gasteiger partial charge on any atom is -0.482 e. The first-order valence-corrected chi connectivity index (χ1v) is 9.20. The molecule has 2 spiro atoms. The van der Waals surface area contributed by atoms with E-state index in [2.05, 4.69) is 18.0 Å². The van der Waals surface area contributed by atoms with E-state index in [1.165, 1.54) is 0 Å². The number of rotatable bonds is 0. The molecule has 0 amide bonds. The molecule has 6 heteroatoms. The minimum absolute atomic E-state index is 0.0382. The fraction of sp³-hybridized carbons (Fsp3) is 0.550. The Kier molecular flexibility index (Phi) is 2.62. The molecule has 2 unspecified atom stereocenters. The van der Waals surface area contributed by atoms with E-state index in [1.807, 2.05) is 24.3 Å². The Balaban J connectivity index is 1.71. The number of piperidine rings is 1. The maximum atomic E-state index is 12.0. The Bertz CT molecular complexity index is 900. The van der Waals surface area contributed by atoms with Crippen molar-refractivity contribution in [2.75, 3.05) is 26.8 Å². The molecular weight excluding hydrogens is 332 g/mol. The summed E-state index contributed by atoms with van der Waals surface area (Å²) in [7, 11) is 2.07. The van der Waals surface area contributed by atoms with E-state index in [4.69, 9.17) is 14.2 Å². The second kappa shape index (κ2) is 4.49. The van der Waals surface area contributed by atoms with Gasteiger partial charge in [-0.05, 0) is 50.2 Å². The van der Waals surface area contributed by atoms with Crippen LogP contribution in [0.4, 0.5) is 0 Å². The van der Waals surface area contributed by atoms with Gasteiger partial charge >= 0.3 is 0 Å². The fourth-order valence-electron chi connectivity index (χ4n) is 6.08. The molecule has 0 aromatic heterocycles. The van der Waals surface area contributed by atoms with Crippen molar-refractivity contribution in [3.63, 3.8) is 0 Å². The van der Waals surface area contributed by atoms with E-state index in [1.54, 1.807) is 0 Å². The fourth-order valence-corrected chi connectivity index (χ4v) is 6.08. The van der Waals surface area contributed by atoms with Crippen molar-refractivity contribution in [2.45, 2.75) is 41.8 Å². The normalized spacial score (nSPS) is 41.0. The number of nitrogens with zero attached hydrogens (tertiary/aromatic N) is 2. The van der Waals surface area contributed by atoms with Crippen molar-refractivity contribution < 1.29 is 19.3 Å². The van der Waals surface area contributed by atoms with Crippen LogP contribution in [-0.2, 0) is 21.3 Å². The second-order valence-corrected chi connectivity index (χ2v) is 8.08. The van der Waals surface area contributed by atoms with Crippen LogP contribution in [0.3, 0.4) is 0 Å². The van der Waals surface area contributed by atoms with Crippen LogP contribution in [-0.4, -0.2) is 60.3 Å². The molecule has 26 heavy (non-hydrogen) atoms. The molecule has 3 aliphatic heterocycles. The summed E-state index contributed by atoms with van der Waals surface area (Å²) < 4.78 is 18.5. The van der Waals surface area contributed by atoms with Gasteiger partial charge in [-0.15, -0.1) is 0 Å². The summed E-state index contributed by atoms with van der Waals surface area (Å²) in [6, 6.07) is 6.07. The summed E-state index contributed by atoms with van der Waals surface area (Å²) in [5.41, 5.74) is 0.944. The lowest BCUT2D eigenvalue weighted by Crippen LogP contribution is -2.77. The van der Waals surface area contributed by atoms with E-state index >= 15 is 0 Å². The third kappa shape index (κ3) is 1.39. The molecule has 2 bridgehead atoms. The molecule has 1 aromatic carbocycles. The summed E-state index contributed by atoms with van der Waals surface area (Å²) in [5, 5.41) is 21.6. The molecule has 2 aliphatic carbocycles. The van der Waals surface area contributed by atoms with Gasteiger partial charge in [-0.3, -0.25) is 4.90 Å². The van der Waals surface area contributed by atoms with E-state index < -0.39 is 22.9 Å². The minimum atomic E-state index is -1.07. The molecule has 0 saturated carbocycles. The standard InChI is InChI=1S/C20H20N2O4/c1-22-7-6-18-15-12-2-3-13(11-21)16(15)26-17(18)20(24-8-9-25-20)5-4-19(18,23)14(22)10-12/h2-5,14,17,23H,6-10H2,1H3/t14-,17?,18+,19?/m0/s1. The quantitative estimate of drug-likeness (QED) is 0.698. The SMILES string of the molecule is CN1CC[C@@]23c4c5ccc(C#N)c4OC2C2(C=CC3(O)[C@@H]1C5)OCCO2. The zero-order chi connectivity index (χ0) is 17.7. The summed E-state index contributed by atoms with van der Waals surface area (Å²) in [6.45, 7) is 1.85. The van der Waals surface area contributed by atoms with Gasteiger partial charge < -0.3 is 19.3 Å². The zero-order valence-electron chi connectivity index (χ0n) is 14.6. The average molecular weight is 352 g/mol. The van der Waals surface area contributed by atoms with Gasteiger partial charge in [0.2, 0.25) is 5.79 Å². The number of likely N-dealkylation sites (tertiary alicyclic amines) is 1. The third-order valence-corrected chi connectivity index (χ3v) is 7.19. The lowest BCUT2D eigenvalue weighted by atomic mass is 9.50. The van der Waals surface area contributed by atoms with Crippen molar-refractivity contribution in [2.24, 2.45) is 0 Å². The first-order valence-electron chi connectivity index (χ1n) is 9.20. The van der Waals surface area contributed by atoms with E-state index in [-0.39, 0.29) is 6.04 Å². The number of hydrogen-bond acceptors (Lipinski definition) is 6. The van der Waals surface area contributed by atoms with Crippen LogP contribution in [0.2, 0.25) is 0 Å². The van der Waals surface area contributed by atoms with Crippen molar-refractivity contribution >= 4 is 0 Å². The largest absolute Gasteiger partial charge is 0.482 e. The summed E-state index contributed by atoms with van der Waals surface area (Å²) in [6.07, 6.45) is 4.70. The van der Waals surface area contributed by atoms with Gasteiger partial charge in [0, 0.05) is 11.6 Å². The number of benzene rings is 1. The second-order valence-electron chi connectivity index (χ2n) is 8.08. The Morgan fingerprint density at radius 1 is 1.27 bits per heavy atom. The highest BCUT2D eigenvalue weighted by Crippen LogP contribution is 2.65. The number of ether oxygens (including phenoxy) is 3. The molecule has 2 saturated heterocycles. The highest BCUT2D eigenvalue weighted by atomic mass is 16.8. The lowest BCUT2D eigenvalue weighted by Gasteiger charge is -2.62. The van der Waals surface area contributed by atoms with Gasteiger partial charge in [0.25, 0.3) is 0 Å². The molecule has 134 valence electrons. The molecule has 1 aromatic rings. The van der Waals surface area contributed by atoms with Gasteiger partial charge in [-0.1, -0.05) is 6.07 Å². The van der Waals surface area contributed by atoms with Gasteiger partial charge in [-0.25, -0.2) is 0 Å². The number of nitriles is 1. The monoisotopic (exact) mass is 352 g/mol. The van der Waals surface area contributed by atoms with E-state index in [0.717, 1.165) is 30.5 Å². The van der Waals surface area contributed by atoms with Crippen LogP contribution in [0, 0.1) is 11.3 Å². The highest BCUT2D eigenvalue weighted by Gasteiger charge is 2.75. The topological polar surface area (TPSA) is 75.0 Å². The molecule has 5 aliphatic rings. The smallest absolute Gasteiger partial charge is 0.227 e. The Morgan fingerprint density at radius 2 is 2.08 bits per heavy atom. The Labute approximate surface area is 151 Å². The van der Waals surface area contributed by atoms with E-state index in [0.29, 0.717) is 24.5 Å². The molecule has 6 nitrogen and oxygen atoms in total. The van der Waals surface area contributed by atoms with Crippen molar-refractivity contribution in [1.82, 2.24) is 4.90 Å². The molecule has 3 heterocycles. The average Bonchev–Trinajstić information content (AvgIpc) is 3.24. The maximum absolute atomic E-state index is 12.0. The highest BCUT2D eigenvalue weighted by molar-refractivity contribution is 5.65. The number of fused-ring (bicyclic) bond motifs is 1. The lowest BCUT2D eigenvalue weighted by molar-refractivity contribution is -0.237. The first-order chi connectivity index (χ1) is 12.6. The van der Waals surface area contributed by atoms with Crippen molar-refractivity contribution in [3.05, 3.63) is 41.0 Å².